The van der Waals surface area contributed by atoms with Crippen LogP contribution in [0.2, 0.25) is 0 Å². The Bertz CT molecular complexity index is 802. The van der Waals surface area contributed by atoms with E-state index in [4.69, 9.17) is 0 Å². The third-order valence-electron chi connectivity index (χ3n) is 3.51. The molecule has 3 aromatic rings. The lowest BCUT2D eigenvalue weighted by Gasteiger charge is -2.14. The maximum absolute atomic E-state index is 12.6. The van der Waals surface area contributed by atoms with E-state index in [9.17, 15) is 4.79 Å². The molecule has 0 spiro atoms. The third-order valence-corrected chi connectivity index (χ3v) is 4.62. The molecule has 3 aromatic heterocycles. The average Bonchev–Trinajstić information content (AvgIpc) is 3.00. The van der Waals surface area contributed by atoms with Crippen LogP contribution >= 0.6 is 11.3 Å². The van der Waals surface area contributed by atoms with Gasteiger partial charge in [0, 0.05) is 4.88 Å². The van der Waals surface area contributed by atoms with Crippen molar-refractivity contribution < 1.29 is 0 Å². The number of nitrogens with zero attached hydrogens (tertiary/aromatic N) is 5. The van der Waals surface area contributed by atoms with Crippen molar-refractivity contribution in [1.82, 2.24) is 24.3 Å². The van der Waals surface area contributed by atoms with Crippen LogP contribution in [0.4, 0.5) is 0 Å². The van der Waals surface area contributed by atoms with Gasteiger partial charge in [-0.2, -0.15) is 5.10 Å². The summed E-state index contributed by atoms with van der Waals surface area (Å²) in [5, 5.41) is 4.80. The highest BCUT2D eigenvalue weighted by molar-refractivity contribution is 7.18. The van der Waals surface area contributed by atoms with Crippen molar-refractivity contribution in [2.45, 2.75) is 33.4 Å². The molecule has 0 aliphatic heterocycles. The first kappa shape index (κ1) is 13.0. The molecule has 0 bridgehead atoms. The Hall–Kier alpha value is -2.02. The monoisotopic (exact) mass is 289 g/mol. The van der Waals surface area contributed by atoms with Gasteiger partial charge in [-0.25, -0.2) is 9.97 Å². The minimum absolute atomic E-state index is 0.0180. The summed E-state index contributed by atoms with van der Waals surface area (Å²) in [6.07, 6.45) is 4.76. The fourth-order valence-corrected chi connectivity index (χ4v) is 3.24. The standard InChI is InChI=1S/C13H15N5OS/c1-8(4-17-6-14-5-16-17)18-7-15-12-11(13(18)19)9(2)10(3)20-12/h5-8H,4H2,1-3H3/t8-/m1/s1. The van der Waals surface area contributed by atoms with Gasteiger partial charge in [0.25, 0.3) is 5.56 Å². The van der Waals surface area contributed by atoms with Gasteiger partial charge in [0.1, 0.15) is 17.5 Å². The average molecular weight is 289 g/mol. The quantitative estimate of drug-likeness (QED) is 0.739. The Morgan fingerprint density at radius 3 is 2.85 bits per heavy atom. The minimum Gasteiger partial charge on any atom is -0.294 e. The first-order valence-electron chi connectivity index (χ1n) is 6.37. The summed E-state index contributed by atoms with van der Waals surface area (Å²) in [7, 11) is 0. The Labute approximate surface area is 119 Å². The van der Waals surface area contributed by atoms with E-state index < -0.39 is 0 Å². The van der Waals surface area contributed by atoms with Crippen molar-refractivity contribution in [3.05, 3.63) is 39.8 Å². The molecule has 0 unspecified atom stereocenters. The maximum Gasteiger partial charge on any atom is 0.262 e. The Kier molecular flexibility index (Phi) is 3.13. The number of aryl methyl sites for hydroxylation is 2. The van der Waals surface area contributed by atoms with E-state index in [1.165, 1.54) is 6.33 Å². The van der Waals surface area contributed by atoms with Crippen LogP contribution in [-0.2, 0) is 6.54 Å². The van der Waals surface area contributed by atoms with Crippen LogP contribution in [0, 0.1) is 13.8 Å². The van der Waals surface area contributed by atoms with Crippen molar-refractivity contribution in [2.75, 3.05) is 0 Å². The molecule has 104 valence electrons. The summed E-state index contributed by atoms with van der Waals surface area (Å²) in [4.78, 5) is 22.9. The number of fused-ring (bicyclic) bond motifs is 1. The highest BCUT2D eigenvalue weighted by Crippen LogP contribution is 2.25. The zero-order valence-corrected chi connectivity index (χ0v) is 12.4. The van der Waals surface area contributed by atoms with E-state index >= 15 is 0 Å². The number of rotatable bonds is 3. The first-order chi connectivity index (χ1) is 9.58. The lowest BCUT2D eigenvalue weighted by molar-refractivity contribution is 0.425. The SMILES string of the molecule is Cc1sc2ncn([C@H](C)Cn3cncn3)c(=O)c2c1C. The van der Waals surface area contributed by atoms with Gasteiger partial charge in [-0.05, 0) is 26.3 Å². The van der Waals surface area contributed by atoms with Crippen molar-refractivity contribution in [2.24, 2.45) is 0 Å². The summed E-state index contributed by atoms with van der Waals surface area (Å²) in [5.74, 6) is 0. The molecule has 0 amide bonds. The molecule has 0 aliphatic carbocycles. The van der Waals surface area contributed by atoms with Gasteiger partial charge in [-0.3, -0.25) is 14.0 Å². The van der Waals surface area contributed by atoms with E-state index in [0.717, 1.165) is 20.7 Å². The van der Waals surface area contributed by atoms with E-state index in [0.29, 0.717) is 6.54 Å². The molecule has 20 heavy (non-hydrogen) atoms. The van der Waals surface area contributed by atoms with Gasteiger partial charge in [0.05, 0.1) is 24.3 Å². The van der Waals surface area contributed by atoms with E-state index in [1.54, 1.807) is 33.2 Å². The van der Waals surface area contributed by atoms with Crippen LogP contribution in [0.25, 0.3) is 10.2 Å². The van der Waals surface area contributed by atoms with Crippen molar-refractivity contribution >= 4 is 21.6 Å². The number of hydrogen-bond donors (Lipinski definition) is 0. The molecule has 0 fully saturated rings. The highest BCUT2D eigenvalue weighted by Gasteiger charge is 2.15. The number of aromatic nitrogens is 5. The van der Waals surface area contributed by atoms with E-state index in [2.05, 4.69) is 15.1 Å². The molecule has 0 saturated carbocycles. The molecule has 0 N–H and O–H groups in total. The van der Waals surface area contributed by atoms with Crippen molar-refractivity contribution in [3.63, 3.8) is 0 Å². The first-order valence-corrected chi connectivity index (χ1v) is 7.19. The molecular weight excluding hydrogens is 274 g/mol. The van der Waals surface area contributed by atoms with Gasteiger partial charge in [-0.1, -0.05) is 0 Å². The Balaban J connectivity index is 2.06. The van der Waals surface area contributed by atoms with Crippen LogP contribution < -0.4 is 5.56 Å². The second-order valence-corrected chi connectivity index (χ2v) is 6.09. The van der Waals surface area contributed by atoms with Crippen molar-refractivity contribution in [1.29, 1.82) is 0 Å². The smallest absolute Gasteiger partial charge is 0.262 e. The highest BCUT2D eigenvalue weighted by atomic mass is 32.1. The summed E-state index contributed by atoms with van der Waals surface area (Å²) in [6.45, 7) is 6.56. The minimum atomic E-state index is -0.0271. The second-order valence-electron chi connectivity index (χ2n) is 4.89. The Morgan fingerprint density at radius 2 is 2.15 bits per heavy atom. The fraction of sp³-hybridized carbons (Fsp3) is 0.385. The molecule has 7 heteroatoms. The molecule has 0 radical (unpaired) electrons. The van der Waals surface area contributed by atoms with Crippen LogP contribution in [0.15, 0.2) is 23.8 Å². The molecule has 1 atom stereocenters. The third kappa shape index (κ3) is 2.03. The van der Waals surface area contributed by atoms with Gasteiger partial charge in [0.2, 0.25) is 0 Å². The van der Waals surface area contributed by atoms with Crippen LogP contribution in [-0.4, -0.2) is 24.3 Å². The summed E-state index contributed by atoms with van der Waals surface area (Å²) >= 11 is 1.57. The van der Waals surface area contributed by atoms with Crippen LogP contribution in [0.1, 0.15) is 23.4 Å². The molecule has 0 aliphatic rings. The van der Waals surface area contributed by atoms with Gasteiger partial charge in [0.15, 0.2) is 0 Å². The predicted molar refractivity (Wildman–Crippen MR) is 78.1 cm³/mol. The number of thiophene rings is 1. The zero-order chi connectivity index (χ0) is 14.3. The van der Waals surface area contributed by atoms with Gasteiger partial charge >= 0.3 is 0 Å². The Morgan fingerprint density at radius 1 is 1.35 bits per heavy atom. The van der Waals surface area contributed by atoms with Crippen LogP contribution in [0.3, 0.4) is 0 Å². The largest absolute Gasteiger partial charge is 0.294 e. The summed E-state index contributed by atoms with van der Waals surface area (Å²) < 4.78 is 3.39. The molecule has 0 saturated heterocycles. The molecular formula is C13H15N5OS. The second kappa shape index (κ2) is 4.82. The molecule has 6 nitrogen and oxygen atoms in total. The fourth-order valence-electron chi connectivity index (χ4n) is 2.25. The molecule has 3 heterocycles. The normalized spacial score (nSPS) is 12.9. The van der Waals surface area contributed by atoms with Crippen molar-refractivity contribution in [3.8, 4) is 0 Å². The van der Waals surface area contributed by atoms with E-state index in [-0.39, 0.29) is 11.6 Å². The summed E-state index contributed by atoms with van der Waals surface area (Å²) in [6, 6.07) is -0.0271. The van der Waals surface area contributed by atoms with Gasteiger partial charge in [-0.15, -0.1) is 11.3 Å². The summed E-state index contributed by atoms with van der Waals surface area (Å²) in [5.41, 5.74) is 1.05. The lowest BCUT2D eigenvalue weighted by atomic mass is 10.2. The maximum atomic E-state index is 12.6. The van der Waals surface area contributed by atoms with Crippen LogP contribution in [0.5, 0.6) is 0 Å². The zero-order valence-electron chi connectivity index (χ0n) is 11.6. The van der Waals surface area contributed by atoms with E-state index in [1.807, 2.05) is 20.8 Å². The predicted octanol–water partition coefficient (Wildman–Crippen LogP) is 1.93. The molecule has 0 aromatic carbocycles. The molecule has 3 rings (SSSR count). The topological polar surface area (TPSA) is 65.6 Å². The lowest BCUT2D eigenvalue weighted by Crippen LogP contribution is -2.26. The van der Waals surface area contributed by atoms with Gasteiger partial charge < -0.3 is 0 Å². The number of hydrogen-bond acceptors (Lipinski definition) is 5.